The molecule has 0 aliphatic heterocycles. The fourth-order valence-electron chi connectivity index (χ4n) is 2.65. The van der Waals surface area contributed by atoms with Crippen LogP contribution in [0.25, 0.3) is 0 Å². The van der Waals surface area contributed by atoms with Crippen LogP contribution in [0, 0.1) is 6.92 Å². The number of halogens is 4. The monoisotopic (exact) mass is 406 g/mol. The fraction of sp³-hybridized carbons (Fsp3) is 0.200. The zero-order valence-corrected chi connectivity index (χ0v) is 16.3. The van der Waals surface area contributed by atoms with Crippen molar-refractivity contribution in [3.63, 3.8) is 0 Å². The molecule has 0 aliphatic rings. The standard InChI is InChI=1S/C20H18ClF3N4/c1-13-4-8-16(9-5-13)28(3)19-25-12-17(20(22,23)24)18(26-19)27(2)15-10-6-14(21)7-11-15/h4-12H,1-3H3. The molecule has 0 spiro atoms. The van der Waals surface area contributed by atoms with Crippen LogP contribution < -0.4 is 9.80 Å². The van der Waals surface area contributed by atoms with Crippen LogP contribution in [0.4, 0.5) is 36.3 Å². The van der Waals surface area contributed by atoms with Gasteiger partial charge < -0.3 is 9.80 Å². The molecule has 0 radical (unpaired) electrons. The first-order valence-electron chi connectivity index (χ1n) is 8.41. The molecule has 1 aromatic heterocycles. The largest absolute Gasteiger partial charge is 0.421 e. The minimum absolute atomic E-state index is 0.160. The van der Waals surface area contributed by atoms with Crippen molar-refractivity contribution in [2.75, 3.05) is 23.9 Å². The predicted octanol–water partition coefficient (Wildman–Crippen LogP) is 5.99. The van der Waals surface area contributed by atoms with Crippen molar-refractivity contribution in [3.05, 3.63) is 70.9 Å². The summed E-state index contributed by atoms with van der Waals surface area (Å²) in [6, 6.07) is 14.0. The zero-order valence-electron chi connectivity index (χ0n) is 15.5. The van der Waals surface area contributed by atoms with Crippen molar-refractivity contribution in [1.82, 2.24) is 9.97 Å². The van der Waals surface area contributed by atoms with Gasteiger partial charge >= 0.3 is 6.18 Å². The Balaban J connectivity index is 2.06. The fourth-order valence-corrected chi connectivity index (χ4v) is 2.78. The average molecular weight is 407 g/mol. The van der Waals surface area contributed by atoms with E-state index in [1.54, 1.807) is 36.2 Å². The van der Waals surface area contributed by atoms with Gasteiger partial charge in [-0.05, 0) is 43.3 Å². The lowest BCUT2D eigenvalue weighted by atomic mass is 10.2. The van der Waals surface area contributed by atoms with Gasteiger partial charge in [-0.15, -0.1) is 0 Å². The summed E-state index contributed by atoms with van der Waals surface area (Å²) in [6.45, 7) is 1.96. The van der Waals surface area contributed by atoms with Crippen LogP contribution in [0.1, 0.15) is 11.1 Å². The maximum Gasteiger partial charge on any atom is 0.421 e. The van der Waals surface area contributed by atoms with E-state index >= 15 is 0 Å². The van der Waals surface area contributed by atoms with Crippen LogP contribution >= 0.6 is 11.6 Å². The first-order chi connectivity index (χ1) is 13.2. The van der Waals surface area contributed by atoms with Gasteiger partial charge in [-0.3, -0.25) is 0 Å². The minimum atomic E-state index is -4.59. The first-order valence-corrected chi connectivity index (χ1v) is 8.78. The molecule has 0 fully saturated rings. The van der Waals surface area contributed by atoms with Gasteiger partial charge in [0.25, 0.3) is 0 Å². The van der Waals surface area contributed by atoms with Crippen LogP contribution in [-0.4, -0.2) is 24.1 Å². The highest BCUT2D eigenvalue weighted by atomic mass is 35.5. The summed E-state index contributed by atoms with van der Waals surface area (Å²) in [5.74, 6) is -0.0774. The number of aryl methyl sites for hydroxylation is 1. The van der Waals surface area contributed by atoms with Crippen molar-refractivity contribution in [1.29, 1.82) is 0 Å². The minimum Gasteiger partial charge on any atom is -0.329 e. The van der Waals surface area contributed by atoms with Crippen LogP contribution in [0.3, 0.4) is 0 Å². The molecule has 0 saturated heterocycles. The molecule has 0 aliphatic carbocycles. The summed E-state index contributed by atoms with van der Waals surface area (Å²) >= 11 is 5.88. The Morgan fingerprint density at radius 2 is 1.39 bits per heavy atom. The van der Waals surface area contributed by atoms with Gasteiger partial charge in [0.15, 0.2) is 5.82 Å². The summed E-state index contributed by atoms with van der Waals surface area (Å²) in [4.78, 5) is 11.2. The van der Waals surface area contributed by atoms with Crippen molar-refractivity contribution < 1.29 is 13.2 Å². The third-order valence-corrected chi connectivity index (χ3v) is 4.57. The van der Waals surface area contributed by atoms with Crippen LogP contribution in [0.15, 0.2) is 54.7 Å². The normalized spacial score (nSPS) is 11.4. The Bertz CT molecular complexity index is 957. The number of anilines is 4. The maximum atomic E-state index is 13.5. The van der Waals surface area contributed by atoms with E-state index in [1.165, 1.54) is 11.9 Å². The molecule has 0 amide bonds. The van der Waals surface area contributed by atoms with Crippen molar-refractivity contribution in [2.45, 2.75) is 13.1 Å². The van der Waals surface area contributed by atoms with Crippen LogP contribution in [0.2, 0.25) is 5.02 Å². The number of nitrogens with zero attached hydrogens (tertiary/aromatic N) is 4. The zero-order chi connectivity index (χ0) is 20.5. The van der Waals surface area contributed by atoms with Gasteiger partial charge in [0.2, 0.25) is 5.95 Å². The molecule has 0 bridgehead atoms. The molecular weight excluding hydrogens is 389 g/mol. The van der Waals surface area contributed by atoms with E-state index in [2.05, 4.69) is 9.97 Å². The van der Waals surface area contributed by atoms with Gasteiger partial charge in [0.05, 0.1) is 0 Å². The van der Waals surface area contributed by atoms with Crippen LogP contribution in [0.5, 0.6) is 0 Å². The lowest BCUT2D eigenvalue weighted by Crippen LogP contribution is -2.21. The molecule has 3 aromatic rings. The highest BCUT2D eigenvalue weighted by molar-refractivity contribution is 6.30. The van der Waals surface area contributed by atoms with Gasteiger partial charge in [-0.2, -0.15) is 18.2 Å². The Kier molecular flexibility index (Phi) is 5.47. The molecule has 28 heavy (non-hydrogen) atoms. The van der Waals surface area contributed by atoms with Gasteiger partial charge in [0.1, 0.15) is 5.56 Å². The number of alkyl halides is 3. The third-order valence-electron chi connectivity index (χ3n) is 4.31. The van der Waals surface area contributed by atoms with E-state index in [4.69, 9.17) is 11.6 Å². The highest BCUT2D eigenvalue weighted by Gasteiger charge is 2.37. The number of hydrogen-bond donors (Lipinski definition) is 0. The number of rotatable bonds is 4. The van der Waals surface area contributed by atoms with E-state index < -0.39 is 11.7 Å². The van der Waals surface area contributed by atoms with E-state index in [0.29, 0.717) is 10.7 Å². The molecule has 0 saturated carbocycles. The van der Waals surface area contributed by atoms with E-state index in [0.717, 1.165) is 17.4 Å². The summed E-state index contributed by atoms with van der Waals surface area (Å²) in [5, 5.41) is 0.496. The SMILES string of the molecule is Cc1ccc(N(C)c2ncc(C(F)(F)F)c(N(C)c3ccc(Cl)cc3)n2)cc1. The van der Waals surface area contributed by atoms with Crippen molar-refractivity contribution in [2.24, 2.45) is 0 Å². The lowest BCUT2D eigenvalue weighted by Gasteiger charge is -2.25. The average Bonchev–Trinajstić information content (AvgIpc) is 2.67. The molecule has 0 N–H and O–H groups in total. The lowest BCUT2D eigenvalue weighted by molar-refractivity contribution is -0.137. The Morgan fingerprint density at radius 3 is 1.96 bits per heavy atom. The number of benzene rings is 2. The second kappa shape index (κ2) is 7.67. The molecule has 0 atom stereocenters. The molecule has 4 nitrogen and oxygen atoms in total. The maximum absolute atomic E-state index is 13.5. The second-order valence-electron chi connectivity index (χ2n) is 6.34. The number of hydrogen-bond acceptors (Lipinski definition) is 4. The molecule has 146 valence electrons. The van der Waals surface area contributed by atoms with E-state index in [9.17, 15) is 13.2 Å². The molecule has 3 rings (SSSR count). The molecule has 0 unspecified atom stereocenters. The van der Waals surface area contributed by atoms with E-state index in [1.807, 2.05) is 31.2 Å². The van der Waals surface area contributed by atoms with Crippen molar-refractivity contribution >= 4 is 34.7 Å². The Labute approximate surface area is 166 Å². The predicted molar refractivity (Wildman–Crippen MR) is 106 cm³/mol. The molecule has 1 heterocycles. The second-order valence-corrected chi connectivity index (χ2v) is 6.77. The number of aromatic nitrogens is 2. The van der Waals surface area contributed by atoms with Gasteiger partial charge in [-0.25, -0.2) is 4.98 Å². The van der Waals surface area contributed by atoms with E-state index in [-0.39, 0.29) is 11.8 Å². The summed E-state index contributed by atoms with van der Waals surface area (Å²) in [6.07, 6.45) is -3.77. The third kappa shape index (κ3) is 4.20. The summed E-state index contributed by atoms with van der Waals surface area (Å²) < 4.78 is 40.6. The smallest absolute Gasteiger partial charge is 0.329 e. The topological polar surface area (TPSA) is 32.3 Å². The molecule has 2 aromatic carbocycles. The van der Waals surface area contributed by atoms with Crippen molar-refractivity contribution in [3.8, 4) is 0 Å². The Morgan fingerprint density at radius 1 is 0.857 bits per heavy atom. The molecular formula is C20H18ClF3N4. The first kappa shape index (κ1) is 19.9. The quantitative estimate of drug-likeness (QED) is 0.532. The summed E-state index contributed by atoms with van der Waals surface area (Å²) in [7, 11) is 3.23. The summed E-state index contributed by atoms with van der Waals surface area (Å²) in [5.41, 5.74) is 1.46. The van der Waals surface area contributed by atoms with Gasteiger partial charge in [0, 0.05) is 36.7 Å². The van der Waals surface area contributed by atoms with Gasteiger partial charge in [-0.1, -0.05) is 29.3 Å². The highest BCUT2D eigenvalue weighted by Crippen LogP contribution is 2.38. The molecule has 8 heteroatoms. The van der Waals surface area contributed by atoms with Crippen LogP contribution in [-0.2, 0) is 6.18 Å². The Hall–Kier alpha value is -2.80.